The molecule has 1 aromatic carbocycles. The second kappa shape index (κ2) is 5.55. The van der Waals surface area contributed by atoms with Gasteiger partial charge in [-0.25, -0.2) is 4.79 Å². The lowest BCUT2D eigenvalue weighted by Crippen LogP contribution is -2.61. The van der Waals surface area contributed by atoms with E-state index in [1.807, 2.05) is 19.1 Å². The summed E-state index contributed by atoms with van der Waals surface area (Å²) >= 11 is 0. The van der Waals surface area contributed by atoms with Crippen LogP contribution in [0.25, 0.3) is 0 Å². The number of Topliss-reactive ketones (excluding diaryl/α,β-unsaturated/α-hetero) is 1. The quantitative estimate of drug-likeness (QED) is 0.606. The first-order chi connectivity index (χ1) is 9.75. The zero-order valence-corrected chi connectivity index (χ0v) is 11.6. The van der Waals surface area contributed by atoms with Crippen molar-refractivity contribution >= 4 is 11.8 Å². The van der Waals surface area contributed by atoms with Crippen LogP contribution in [-0.2, 0) is 16.0 Å². The number of rotatable bonds is 3. The maximum Gasteiger partial charge on any atom is 0.336 e. The average Bonchev–Trinajstić information content (AvgIpc) is 2.43. The number of aliphatic hydroxyl groups excluding tert-OH is 2. The number of carboxylic acids is 1. The number of ketones is 1. The van der Waals surface area contributed by atoms with E-state index in [-0.39, 0.29) is 6.42 Å². The van der Waals surface area contributed by atoms with Crippen LogP contribution in [0.2, 0.25) is 0 Å². The molecule has 0 spiro atoms. The van der Waals surface area contributed by atoms with Crippen molar-refractivity contribution in [3.05, 3.63) is 35.4 Å². The molecule has 0 aromatic heterocycles. The van der Waals surface area contributed by atoms with Crippen molar-refractivity contribution in [2.24, 2.45) is 5.92 Å². The predicted molar refractivity (Wildman–Crippen MR) is 72.6 cm³/mol. The number of hydrogen-bond acceptors (Lipinski definition) is 5. The second-order valence-electron chi connectivity index (χ2n) is 5.59. The standard InChI is InChI=1S/C15H18O6/c1-8-2-4-9(5-3-8)6-10-12(17)13(18)11(16)7-15(10,21)14(19)20/h2-5,10-11,13,16,18,21H,6-7H2,1H3,(H,19,20)/t10-,11-,13+,15-/m1/s1. The Morgan fingerprint density at radius 2 is 1.86 bits per heavy atom. The zero-order chi connectivity index (χ0) is 15.8. The SMILES string of the molecule is Cc1ccc(C[C@@H]2C(=O)[C@@H](O)[C@H](O)C[C@]2(O)C(=O)O)cc1. The maximum atomic E-state index is 12.1. The van der Waals surface area contributed by atoms with Crippen LogP contribution < -0.4 is 0 Å². The van der Waals surface area contributed by atoms with E-state index < -0.39 is 41.9 Å². The van der Waals surface area contributed by atoms with Gasteiger partial charge in [-0.15, -0.1) is 0 Å². The predicted octanol–water partition coefficient (Wildman–Crippen LogP) is -0.336. The van der Waals surface area contributed by atoms with Crippen molar-refractivity contribution in [1.29, 1.82) is 0 Å². The Morgan fingerprint density at radius 3 is 2.38 bits per heavy atom. The molecule has 1 aromatic rings. The minimum Gasteiger partial charge on any atom is -0.479 e. The number of carbonyl (C=O) groups excluding carboxylic acids is 1. The van der Waals surface area contributed by atoms with Crippen LogP contribution in [0.4, 0.5) is 0 Å². The maximum absolute atomic E-state index is 12.1. The highest BCUT2D eigenvalue weighted by Gasteiger charge is 2.55. The monoisotopic (exact) mass is 294 g/mol. The van der Waals surface area contributed by atoms with Crippen molar-refractivity contribution in [2.75, 3.05) is 0 Å². The lowest BCUT2D eigenvalue weighted by atomic mass is 9.69. The third-order valence-electron chi connectivity index (χ3n) is 4.03. The number of hydrogen-bond donors (Lipinski definition) is 4. The van der Waals surface area contributed by atoms with Gasteiger partial charge in [-0.3, -0.25) is 4.79 Å². The van der Waals surface area contributed by atoms with E-state index in [1.54, 1.807) is 12.1 Å². The van der Waals surface area contributed by atoms with Gasteiger partial charge in [0.1, 0.15) is 6.10 Å². The highest BCUT2D eigenvalue weighted by Crippen LogP contribution is 2.34. The summed E-state index contributed by atoms with van der Waals surface area (Å²) in [6.07, 6.45) is -3.83. The van der Waals surface area contributed by atoms with Crippen molar-refractivity contribution < 1.29 is 30.0 Å². The molecule has 0 bridgehead atoms. The Morgan fingerprint density at radius 1 is 1.29 bits per heavy atom. The Labute approximate surface area is 121 Å². The van der Waals surface area contributed by atoms with Crippen molar-refractivity contribution in [3.63, 3.8) is 0 Å². The number of carboxylic acid groups (broad SMARTS) is 1. The van der Waals surface area contributed by atoms with Gasteiger partial charge in [0.15, 0.2) is 11.4 Å². The van der Waals surface area contributed by atoms with Gasteiger partial charge < -0.3 is 20.4 Å². The molecule has 6 heteroatoms. The highest BCUT2D eigenvalue weighted by atomic mass is 16.4. The number of aliphatic hydroxyl groups is 3. The topological polar surface area (TPSA) is 115 Å². The van der Waals surface area contributed by atoms with Crippen molar-refractivity contribution in [1.82, 2.24) is 0 Å². The molecule has 2 rings (SSSR count). The molecule has 1 fully saturated rings. The van der Waals surface area contributed by atoms with Gasteiger partial charge in [-0.1, -0.05) is 29.8 Å². The number of benzene rings is 1. The molecule has 1 aliphatic rings. The van der Waals surface area contributed by atoms with Gasteiger partial charge in [0.25, 0.3) is 0 Å². The van der Waals surface area contributed by atoms with E-state index in [2.05, 4.69) is 0 Å². The lowest BCUT2D eigenvalue weighted by Gasteiger charge is -2.39. The van der Waals surface area contributed by atoms with Gasteiger partial charge in [0, 0.05) is 6.42 Å². The van der Waals surface area contributed by atoms with Crippen LogP contribution in [0, 0.1) is 12.8 Å². The second-order valence-corrected chi connectivity index (χ2v) is 5.59. The zero-order valence-electron chi connectivity index (χ0n) is 11.6. The van der Waals surface area contributed by atoms with Gasteiger partial charge in [-0.05, 0) is 18.9 Å². The first kappa shape index (κ1) is 15.6. The van der Waals surface area contributed by atoms with E-state index in [0.717, 1.165) is 5.56 Å². The summed E-state index contributed by atoms with van der Waals surface area (Å²) in [5, 5.41) is 38.7. The summed E-state index contributed by atoms with van der Waals surface area (Å²) < 4.78 is 0. The first-order valence-corrected chi connectivity index (χ1v) is 6.67. The third kappa shape index (κ3) is 2.83. The van der Waals surface area contributed by atoms with E-state index >= 15 is 0 Å². The van der Waals surface area contributed by atoms with Crippen LogP contribution in [0.1, 0.15) is 17.5 Å². The molecule has 0 unspecified atom stereocenters. The van der Waals surface area contributed by atoms with Crippen molar-refractivity contribution in [2.45, 2.75) is 37.6 Å². The minimum absolute atomic E-state index is 0.00824. The summed E-state index contributed by atoms with van der Waals surface area (Å²) in [5.74, 6) is -3.71. The minimum atomic E-state index is -2.37. The Kier molecular flexibility index (Phi) is 4.13. The average molecular weight is 294 g/mol. The fourth-order valence-electron chi connectivity index (χ4n) is 2.67. The molecule has 114 valence electrons. The van der Waals surface area contributed by atoms with Crippen LogP contribution in [0.3, 0.4) is 0 Å². The third-order valence-corrected chi connectivity index (χ3v) is 4.03. The summed E-state index contributed by atoms with van der Waals surface area (Å²) in [4.78, 5) is 23.4. The number of carbonyl (C=O) groups is 2. The fraction of sp³-hybridized carbons (Fsp3) is 0.467. The van der Waals surface area contributed by atoms with E-state index in [1.165, 1.54) is 0 Å². The number of aryl methyl sites for hydroxylation is 1. The largest absolute Gasteiger partial charge is 0.479 e. The molecule has 21 heavy (non-hydrogen) atoms. The molecular formula is C15H18O6. The van der Waals surface area contributed by atoms with Crippen LogP contribution in [0.15, 0.2) is 24.3 Å². The van der Waals surface area contributed by atoms with Gasteiger partial charge in [-0.2, -0.15) is 0 Å². The van der Waals surface area contributed by atoms with Crippen molar-refractivity contribution in [3.8, 4) is 0 Å². The van der Waals surface area contributed by atoms with Gasteiger partial charge in [0.2, 0.25) is 0 Å². The molecule has 0 saturated heterocycles. The van der Waals surface area contributed by atoms with E-state index in [0.29, 0.717) is 5.56 Å². The highest BCUT2D eigenvalue weighted by molar-refractivity contribution is 5.94. The van der Waals surface area contributed by atoms with Crippen LogP contribution >= 0.6 is 0 Å². The Hall–Kier alpha value is -1.76. The lowest BCUT2D eigenvalue weighted by molar-refractivity contribution is -0.187. The summed E-state index contributed by atoms with van der Waals surface area (Å²) in [6.45, 7) is 1.89. The molecule has 4 N–H and O–H groups in total. The molecule has 0 amide bonds. The molecule has 4 atom stereocenters. The smallest absolute Gasteiger partial charge is 0.336 e. The molecular weight excluding hydrogens is 276 g/mol. The normalized spacial score (nSPS) is 33.0. The summed E-state index contributed by atoms with van der Waals surface area (Å²) in [5.41, 5.74) is -0.680. The van der Waals surface area contributed by atoms with Gasteiger partial charge in [0.05, 0.1) is 12.0 Å². The van der Waals surface area contributed by atoms with Gasteiger partial charge >= 0.3 is 5.97 Å². The molecule has 6 nitrogen and oxygen atoms in total. The first-order valence-electron chi connectivity index (χ1n) is 6.67. The Bertz CT molecular complexity index is 552. The van der Waals surface area contributed by atoms with Crippen LogP contribution in [0.5, 0.6) is 0 Å². The molecule has 0 heterocycles. The fourth-order valence-corrected chi connectivity index (χ4v) is 2.67. The molecule has 0 aliphatic heterocycles. The summed E-state index contributed by atoms with van der Waals surface area (Å²) in [7, 11) is 0. The van der Waals surface area contributed by atoms with E-state index in [4.69, 9.17) is 0 Å². The number of aliphatic carboxylic acids is 1. The summed E-state index contributed by atoms with van der Waals surface area (Å²) in [6, 6.07) is 7.10. The molecule has 1 aliphatic carbocycles. The molecule has 1 saturated carbocycles. The molecule has 0 radical (unpaired) electrons. The Balaban J connectivity index is 2.33. The van der Waals surface area contributed by atoms with E-state index in [9.17, 15) is 30.0 Å². The van der Waals surface area contributed by atoms with Crippen LogP contribution in [-0.4, -0.2) is 50.0 Å².